The number of nitrogens with zero attached hydrogens (tertiary/aromatic N) is 1. The average Bonchev–Trinajstić information content (AvgIpc) is 3.16. The van der Waals surface area contributed by atoms with Crippen molar-refractivity contribution in [1.29, 1.82) is 0 Å². The molecule has 0 aromatic heterocycles. The van der Waals surface area contributed by atoms with Gasteiger partial charge in [0.25, 0.3) is 0 Å². The summed E-state index contributed by atoms with van der Waals surface area (Å²) in [6.45, 7) is 0.231. The van der Waals surface area contributed by atoms with Gasteiger partial charge in [0.1, 0.15) is 17.8 Å². The normalized spacial score (nSPS) is 18.1. The zero-order valence-electron chi connectivity index (χ0n) is 15.8. The second-order valence-electron chi connectivity index (χ2n) is 7.00. The SMILES string of the molecule is N[C@@H](Cc1ccc(O)cc1)C(=O)N[C@@H](CCC(=O)O)C(=O)N1CCC[C@@H]1C(=O)O. The summed E-state index contributed by atoms with van der Waals surface area (Å²) in [7, 11) is 0. The Morgan fingerprint density at radius 2 is 1.83 bits per heavy atom. The number of nitrogens with one attached hydrogen (secondary N) is 1. The number of carbonyl (C=O) groups excluding carboxylic acids is 2. The van der Waals surface area contributed by atoms with Gasteiger partial charge in [0.15, 0.2) is 0 Å². The number of hydrogen-bond acceptors (Lipinski definition) is 6. The summed E-state index contributed by atoms with van der Waals surface area (Å²) >= 11 is 0. The Balaban J connectivity index is 2.07. The molecule has 10 heteroatoms. The van der Waals surface area contributed by atoms with Gasteiger partial charge in [-0.3, -0.25) is 14.4 Å². The van der Waals surface area contributed by atoms with Crippen LogP contribution in [0.3, 0.4) is 0 Å². The summed E-state index contributed by atoms with van der Waals surface area (Å²) in [5.41, 5.74) is 6.61. The highest BCUT2D eigenvalue weighted by Gasteiger charge is 2.38. The maximum Gasteiger partial charge on any atom is 0.326 e. The lowest BCUT2D eigenvalue weighted by Gasteiger charge is -2.28. The number of hydrogen-bond donors (Lipinski definition) is 5. The molecule has 29 heavy (non-hydrogen) atoms. The van der Waals surface area contributed by atoms with Crippen LogP contribution in [0.5, 0.6) is 5.75 Å². The average molecular weight is 407 g/mol. The molecule has 158 valence electrons. The highest BCUT2D eigenvalue weighted by atomic mass is 16.4. The molecule has 0 spiro atoms. The number of nitrogens with two attached hydrogens (primary N) is 1. The fraction of sp³-hybridized carbons (Fsp3) is 0.474. The first-order valence-electron chi connectivity index (χ1n) is 9.28. The van der Waals surface area contributed by atoms with E-state index >= 15 is 0 Å². The van der Waals surface area contributed by atoms with Crippen molar-refractivity contribution in [1.82, 2.24) is 10.2 Å². The van der Waals surface area contributed by atoms with Crippen LogP contribution < -0.4 is 11.1 Å². The first-order valence-corrected chi connectivity index (χ1v) is 9.28. The van der Waals surface area contributed by atoms with Gasteiger partial charge in [0.2, 0.25) is 11.8 Å². The molecule has 1 fully saturated rings. The molecule has 0 unspecified atom stereocenters. The minimum atomic E-state index is -1.18. The zero-order chi connectivity index (χ0) is 21.6. The molecule has 0 bridgehead atoms. The number of likely N-dealkylation sites (tertiary alicyclic amines) is 1. The van der Waals surface area contributed by atoms with E-state index < -0.39 is 41.9 Å². The molecule has 1 heterocycles. The van der Waals surface area contributed by atoms with Crippen molar-refractivity contribution in [3.63, 3.8) is 0 Å². The van der Waals surface area contributed by atoms with E-state index in [4.69, 9.17) is 10.8 Å². The van der Waals surface area contributed by atoms with Gasteiger partial charge in [0, 0.05) is 13.0 Å². The van der Waals surface area contributed by atoms with Crippen LogP contribution in [-0.2, 0) is 25.6 Å². The van der Waals surface area contributed by atoms with Crippen LogP contribution >= 0.6 is 0 Å². The summed E-state index contributed by atoms with van der Waals surface area (Å²) in [6.07, 6.45) is 0.432. The van der Waals surface area contributed by atoms with Crippen LogP contribution in [0.15, 0.2) is 24.3 Å². The third-order valence-electron chi connectivity index (χ3n) is 4.81. The highest BCUT2D eigenvalue weighted by molar-refractivity contribution is 5.92. The van der Waals surface area contributed by atoms with Gasteiger partial charge >= 0.3 is 11.9 Å². The van der Waals surface area contributed by atoms with Gasteiger partial charge in [-0.2, -0.15) is 0 Å². The standard InChI is InChI=1S/C19H25N3O7/c20-13(10-11-3-5-12(23)6-4-11)17(26)21-14(7-8-16(24)25)18(27)22-9-1-2-15(22)19(28)29/h3-6,13-15,23H,1-2,7-10,20H2,(H,21,26)(H,24,25)(H,28,29)/t13-,14-,15+/m0/s1. The molecule has 2 rings (SSSR count). The Kier molecular flexibility index (Phi) is 7.54. The largest absolute Gasteiger partial charge is 0.508 e. The Labute approximate surface area is 167 Å². The monoisotopic (exact) mass is 407 g/mol. The number of phenols is 1. The smallest absolute Gasteiger partial charge is 0.326 e. The molecular formula is C19H25N3O7. The van der Waals surface area contributed by atoms with E-state index in [9.17, 15) is 29.4 Å². The van der Waals surface area contributed by atoms with Gasteiger partial charge in [-0.1, -0.05) is 12.1 Å². The van der Waals surface area contributed by atoms with Crippen molar-refractivity contribution >= 4 is 23.8 Å². The van der Waals surface area contributed by atoms with Crippen molar-refractivity contribution in [2.75, 3.05) is 6.54 Å². The van der Waals surface area contributed by atoms with Crippen LogP contribution in [0.1, 0.15) is 31.2 Å². The molecule has 1 aromatic rings. The van der Waals surface area contributed by atoms with Gasteiger partial charge in [0.05, 0.1) is 6.04 Å². The van der Waals surface area contributed by atoms with E-state index in [0.29, 0.717) is 18.4 Å². The first-order chi connectivity index (χ1) is 13.7. The predicted octanol–water partition coefficient (Wildman–Crippen LogP) is -0.313. The molecule has 0 aliphatic carbocycles. The minimum absolute atomic E-state index is 0.0738. The topological polar surface area (TPSA) is 170 Å². The number of amides is 2. The Bertz CT molecular complexity index is 766. The van der Waals surface area contributed by atoms with E-state index in [-0.39, 0.29) is 31.6 Å². The molecule has 6 N–H and O–H groups in total. The molecule has 1 saturated heterocycles. The summed E-state index contributed by atoms with van der Waals surface area (Å²) < 4.78 is 0. The fourth-order valence-corrected chi connectivity index (χ4v) is 3.27. The Hall–Kier alpha value is -3.14. The summed E-state index contributed by atoms with van der Waals surface area (Å²) in [5, 5.41) is 30.0. The maximum atomic E-state index is 12.8. The van der Waals surface area contributed by atoms with E-state index in [1.807, 2.05) is 0 Å². The number of rotatable bonds is 9. The summed E-state index contributed by atoms with van der Waals surface area (Å²) in [5.74, 6) is -3.47. The second-order valence-corrected chi connectivity index (χ2v) is 7.00. The maximum absolute atomic E-state index is 12.8. The van der Waals surface area contributed by atoms with E-state index in [1.165, 1.54) is 17.0 Å². The predicted molar refractivity (Wildman–Crippen MR) is 101 cm³/mol. The molecule has 0 radical (unpaired) electrons. The van der Waals surface area contributed by atoms with Crippen molar-refractivity contribution in [2.45, 2.75) is 50.2 Å². The zero-order valence-corrected chi connectivity index (χ0v) is 15.8. The Morgan fingerprint density at radius 3 is 2.41 bits per heavy atom. The van der Waals surface area contributed by atoms with Crippen molar-refractivity contribution in [2.24, 2.45) is 5.73 Å². The molecule has 2 amide bonds. The number of aliphatic carboxylic acids is 2. The number of carboxylic acids is 2. The quantitative estimate of drug-likeness (QED) is 0.371. The van der Waals surface area contributed by atoms with Crippen molar-refractivity contribution < 1.29 is 34.5 Å². The van der Waals surface area contributed by atoms with Crippen LogP contribution in [-0.4, -0.2) is 68.6 Å². The highest BCUT2D eigenvalue weighted by Crippen LogP contribution is 2.20. The number of benzene rings is 1. The minimum Gasteiger partial charge on any atom is -0.508 e. The van der Waals surface area contributed by atoms with Crippen molar-refractivity contribution in [3.8, 4) is 5.75 Å². The molecule has 1 aromatic carbocycles. The number of aromatic hydroxyl groups is 1. The van der Waals surface area contributed by atoms with Gasteiger partial charge < -0.3 is 31.3 Å². The van der Waals surface area contributed by atoms with Gasteiger partial charge in [-0.25, -0.2) is 4.79 Å². The number of carbonyl (C=O) groups is 4. The third kappa shape index (κ3) is 6.18. The lowest BCUT2D eigenvalue weighted by Crippen LogP contribution is -2.55. The second kappa shape index (κ2) is 9.87. The van der Waals surface area contributed by atoms with E-state index in [1.54, 1.807) is 12.1 Å². The molecule has 0 saturated carbocycles. The van der Waals surface area contributed by atoms with Crippen LogP contribution in [0.4, 0.5) is 0 Å². The lowest BCUT2D eigenvalue weighted by atomic mass is 10.0. The van der Waals surface area contributed by atoms with Crippen molar-refractivity contribution in [3.05, 3.63) is 29.8 Å². The fourth-order valence-electron chi connectivity index (χ4n) is 3.27. The molecular weight excluding hydrogens is 382 g/mol. The Morgan fingerprint density at radius 1 is 1.17 bits per heavy atom. The van der Waals surface area contributed by atoms with E-state index in [2.05, 4.69) is 5.32 Å². The van der Waals surface area contributed by atoms with Crippen LogP contribution in [0, 0.1) is 0 Å². The molecule has 1 aliphatic heterocycles. The molecule has 1 aliphatic rings. The molecule has 10 nitrogen and oxygen atoms in total. The van der Waals surface area contributed by atoms with E-state index in [0.717, 1.165) is 0 Å². The van der Waals surface area contributed by atoms with Gasteiger partial charge in [-0.15, -0.1) is 0 Å². The number of carboxylic acid groups (broad SMARTS) is 2. The van der Waals surface area contributed by atoms with Crippen LogP contribution in [0.25, 0.3) is 0 Å². The first kappa shape index (κ1) is 22.2. The van der Waals surface area contributed by atoms with Gasteiger partial charge in [-0.05, 0) is 43.4 Å². The van der Waals surface area contributed by atoms with Crippen LogP contribution in [0.2, 0.25) is 0 Å². The third-order valence-corrected chi connectivity index (χ3v) is 4.81. The number of phenolic OH excluding ortho intramolecular Hbond substituents is 1. The summed E-state index contributed by atoms with van der Waals surface area (Å²) in [4.78, 5) is 48.7. The lowest BCUT2D eigenvalue weighted by molar-refractivity contribution is -0.150. The molecule has 3 atom stereocenters. The summed E-state index contributed by atoms with van der Waals surface area (Å²) in [6, 6.07) is 2.96.